The van der Waals surface area contributed by atoms with Crippen molar-refractivity contribution in [1.29, 1.82) is 0 Å². The predicted molar refractivity (Wildman–Crippen MR) is 65.1 cm³/mol. The van der Waals surface area contributed by atoms with Gasteiger partial charge < -0.3 is 9.73 Å². The Labute approximate surface area is 101 Å². The van der Waals surface area contributed by atoms with Crippen molar-refractivity contribution in [3.63, 3.8) is 0 Å². The first kappa shape index (κ1) is 13.1. The van der Waals surface area contributed by atoms with E-state index in [1.54, 1.807) is 13.0 Å². The second-order valence-electron chi connectivity index (χ2n) is 4.60. The van der Waals surface area contributed by atoms with E-state index in [0.29, 0.717) is 17.2 Å². The topological polar surface area (TPSA) is 42.2 Å². The zero-order valence-electron chi connectivity index (χ0n) is 10.2. The van der Waals surface area contributed by atoms with Gasteiger partial charge in [0.25, 0.3) is 5.91 Å². The number of amides is 1. The van der Waals surface area contributed by atoms with Gasteiger partial charge in [-0.05, 0) is 40.2 Å². The van der Waals surface area contributed by atoms with Gasteiger partial charge in [-0.25, -0.2) is 0 Å². The Morgan fingerprint density at radius 3 is 2.56 bits per heavy atom. The molecule has 16 heavy (non-hydrogen) atoms. The van der Waals surface area contributed by atoms with E-state index in [4.69, 9.17) is 16.0 Å². The Hall–Kier alpha value is -0.960. The Morgan fingerprint density at radius 2 is 2.12 bits per heavy atom. The third-order valence-electron chi connectivity index (χ3n) is 2.46. The molecule has 0 aliphatic heterocycles. The fourth-order valence-corrected chi connectivity index (χ4v) is 2.00. The molecule has 0 bridgehead atoms. The molecular weight excluding hydrogens is 226 g/mol. The highest BCUT2D eigenvalue weighted by Crippen LogP contribution is 2.16. The fraction of sp³-hybridized carbons (Fsp3) is 0.583. The van der Waals surface area contributed by atoms with Crippen LogP contribution in [0.1, 0.15) is 42.1 Å². The van der Waals surface area contributed by atoms with E-state index in [-0.39, 0.29) is 11.4 Å². The highest BCUT2D eigenvalue weighted by molar-refractivity contribution is 6.17. The largest absolute Gasteiger partial charge is 0.466 e. The molecule has 0 radical (unpaired) electrons. The van der Waals surface area contributed by atoms with Crippen LogP contribution in [0, 0.1) is 13.8 Å². The lowest BCUT2D eigenvalue weighted by atomic mass is 10.0. The van der Waals surface area contributed by atoms with Gasteiger partial charge in [-0.2, -0.15) is 0 Å². The minimum Gasteiger partial charge on any atom is -0.466 e. The number of hydrogen-bond acceptors (Lipinski definition) is 2. The van der Waals surface area contributed by atoms with Crippen LogP contribution in [0.2, 0.25) is 0 Å². The van der Waals surface area contributed by atoms with Crippen molar-refractivity contribution < 1.29 is 9.21 Å². The number of rotatable bonds is 4. The van der Waals surface area contributed by atoms with Gasteiger partial charge in [0.2, 0.25) is 0 Å². The number of carbonyl (C=O) groups is 1. The molecule has 4 heteroatoms. The minimum absolute atomic E-state index is 0.107. The van der Waals surface area contributed by atoms with Crippen LogP contribution in [0.5, 0.6) is 0 Å². The average Bonchev–Trinajstić information content (AvgIpc) is 2.44. The fourth-order valence-electron chi connectivity index (χ4n) is 1.53. The van der Waals surface area contributed by atoms with E-state index in [0.717, 1.165) is 12.2 Å². The van der Waals surface area contributed by atoms with Crippen LogP contribution >= 0.6 is 11.6 Å². The summed E-state index contributed by atoms with van der Waals surface area (Å²) in [5.74, 6) is 1.82. The first-order valence-electron chi connectivity index (χ1n) is 5.31. The number of furan rings is 1. The molecule has 1 N–H and O–H groups in total. The second kappa shape index (κ2) is 4.91. The third-order valence-corrected chi connectivity index (χ3v) is 2.65. The van der Waals surface area contributed by atoms with Crippen LogP contribution < -0.4 is 5.32 Å². The molecule has 1 rings (SSSR count). The van der Waals surface area contributed by atoms with Gasteiger partial charge in [-0.1, -0.05) is 0 Å². The summed E-state index contributed by atoms with van der Waals surface area (Å²) in [5.41, 5.74) is 0.302. The average molecular weight is 244 g/mol. The maximum atomic E-state index is 12.0. The lowest BCUT2D eigenvalue weighted by Gasteiger charge is -2.25. The summed E-state index contributed by atoms with van der Waals surface area (Å²) < 4.78 is 5.32. The van der Waals surface area contributed by atoms with Gasteiger partial charge in [0.15, 0.2) is 0 Å². The molecule has 0 spiro atoms. The van der Waals surface area contributed by atoms with E-state index in [1.165, 1.54) is 0 Å². The minimum atomic E-state index is -0.295. The molecule has 1 aromatic rings. The zero-order chi connectivity index (χ0) is 12.3. The first-order chi connectivity index (χ1) is 7.35. The van der Waals surface area contributed by atoms with Crippen LogP contribution in [0.25, 0.3) is 0 Å². The predicted octanol–water partition coefficient (Wildman–Crippen LogP) is 3.03. The lowest BCUT2D eigenvalue weighted by molar-refractivity contribution is 0.0910. The normalized spacial score (nSPS) is 11.6. The van der Waals surface area contributed by atoms with Crippen LogP contribution in [0.15, 0.2) is 10.5 Å². The molecule has 0 aromatic carbocycles. The highest BCUT2D eigenvalue weighted by Gasteiger charge is 2.22. The van der Waals surface area contributed by atoms with Gasteiger partial charge in [-0.3, -0.25) is 4.79 Å². The number of aryl methyl sites for hydroxylation is 2. The molecule has 0 aliphatic carbocycles. The lowest BCUT2D eigenvalue weighted by Crippen LogP contribution is -2.43. The Balaban J connectivity index is 2.76. The monoisotopic (exact) mass is 243 g/mol. The van der Waals surface area contributed by atoms with Crippen molar-refractivity contribution in [2.24, 2.45) is 0 Å². The summed E-state index contributed by atoms with van der Waals surface area (Å²) in [5, 5.41) is 2.94. The van der Waals surface area contributed by atoms with Crippen LogP contribution in [-0.2, 0) is 0 Å². The number of carbonyl (C=O) groups excluding carboxylic acids is 1. The summed E-state index contributed by atoms with van der Waals surface area (Å²) in [7, 11) is 0. The molecule has 0 unspecified atom stereocenters. The van der Waals surface area contributed by atoms with Gasteiger partial charge in [-0.15, -0.1) is 11.6 Å². The van der Waals surface area contributed by atoms with Gasteiger partial charge >= 0.3 is 0 Å². The molecule has 0 saturated carbocycles. The van der Waals surface area contributed by atoms with Crippen molar-refractivity contribution in [3.8, 4) is 0 Å². The molecule has 3 nitrogen and oxygen atoms in total. The quantitative estimate of drug-likeness (QED) is 0.826. The van der Waals surface area contributed by atoms with Crippen molar-refractivity contribution in [3.05, 3.63) is 23.2 Å². The summed E-state index contributed by atoms with van der Waals surface area (Å²) in [6.07, 6.45) is 0.732. The van der Waals surface area contributed by atoms with Crippen molar-refractivity contribution >= 4 is 17.5 Å². The number of nitrogens with one attached hydrogen (secondary N) is 1. The maximum Gasteiger partial charge on any atom is 0.255 e. The standard InChI is InChI=1S/C12H18ClNO2/c1-8-7-10(9(2)16-8)11(15)14-12(3,4)5-6-13/h7H,5-6H2,1-4H3,(H,14,15). The Morgan fingerprint density at radius 1 is 1.50 bits per heavy atom. The van der Waals surface area contributed by atoms with E-state index in [1.807, 2.05) is 20.8 Å². The van der Waals surface area contributed by atoms with Crippen LogP contribution in [-0.4, -0.2) is 17.3 Å². The van der Waals surface area contributed by atoms with E-state index in [2.05, 4.69) is 5.32 Å². The molecule has 90 valence electrons. The van der Waals surface area contributed by atoms with Gasteiger partial charge in [0.05, 0.1) is 5.56 Å². The Bertz CT molecular complexity index is 382. The first-order valence-corrected chi connectivity index (χ1v) is 5.85. The summed E-state index contributed by atoms with van der Waals surface area (Å²) in [6, 6.07) is 1.75. The summed E-state index contributed by atoms with van der Waals surface area (Å²) in [6.45, 7) is 7.52. The molecule has 1 amide bonds. The number of hydrogen-bond donors (Lipinski definition) is 1. The smallest absolute Gasteiger partial charge is 0.255 e. The van der Waals surface area contributed by atoms with Gasteiger partial charge in [0.1, 0.15) is 11.5 Å². The van der Waals surface area contributed by atoms with E-state index >= 15 is 0 Å². The van der Waals surface area contributed by atoms with Crippen molar-refractivity contribution in [2.45, 2.75) is 39.7 Å². The molecule has 0 saturated heterocycles. The van der Waals surface area contributed by atoms with E-state index in [9.17, 15) is 4.79 Å². The molecule has 0 fully saturated rings. The van der Waals surface area contributed by atoms with Crippen molar-refractivity contribution in [1.82, 2.24) is 5.32 Å². The Kier molecular flexibility index (Phi) is 4.03. The SMILES string of the molecule is Cc1cc(C(=O)NC(C)(C)CCCl)c(C)o1. The van der Waals surface area contributed by atoms with Gasteiger partial charge in [0, 0.05) is 11.4 Å². The number of halogens is 1. The maximum absolute atomic E-state index is 12.0. The van der Waals surface area contributed by atoms with Crippen molar-refractivity contribution in [2.75, 3.05) is 5.88 Å². The second-order valence-corrected chi connectivity index (χ2v) is 4.98. The molecule has 1 aromatic heterocycles. The van der Waals surface area contributed by atoms with E-state index < -0.39 is 0 Å². The molecular formula is C12H18ClNO2. The molecule has 0 atom stereocenters. The summed E-state index contributed by atoms with van der Waals surface area (Å²) in [4.78, 5) is 12.0. The van der Waals surface area contributed by atoms with Crippen LogP contribution in [0.4, 0.5) is 0 Å². The third kappa shape index (κ3) is 3.27. The van der Waals surface area contributed by atoms with Crippen LogP contribution in [0.3, 0.4) is 0 Å². The highest BCUT2D eigenvalue weighted by atomic mass is 35.5. The zero-order valence-corrected chi connectivity index (χ0v) is 10.9. The molecule has 0 aliphatic rings. The molecule has 1 heterocycles. The summed E-state index contributed by atoms with van der Waals surface area (Å²) >= 11 is 5.68. The number of alkyl halides is 1.